The molecule has 4 nitrogen and oxygen atoms in total. The van der Waals surface area contributed by atoms with E-state index in [2.05, 4.69) is 0 Å². The van der Waals surface area contributed by atoms with E-state index in [0.29, 0.717) is 11.5 Å². The minimum absolute atomic E-state index is 0.0221. The monoisotopic (exact) mass is 260 g/mol. The highest BCUT2D eigenvalue weighted by atomic mass is 16.5. The molecule has 19 heavy (non-hydrogen) atoms. The third-order valence-corrected chi connectivity index (χ3v) is 2.79. The molecule has 100 valence electrons. The predicted octanol–water partition coefficient (Wildman–Crippen LogP) is 3.52. The number of hydrogen-bond donors (Lipinski definition) is 2. The zero-order valence-corrected chi connectivity index (χ0v) is 11.1. The van der Waals surface area contributed by atoms with Gasteiger partial charge in [0.1, 0.15) is 11.5 Å². The van der Waals surface area contributed by atoms with Crippen molar-refractivity contribution < 1.29 is 19.7 Å². The summed E-state index contributed by atoms with van der Waals surface area (Å²) in [5, 5.41) is 19.4. The number of phenols is 2. The SMILES string of the molecule is COc1c(O)cc(C)cc1Oc1ccc(C)c(O)c1. The van der Waals surface area contributed by atoms with E-state index in [-0.39, 0.29) is 17.2 Å². The summed E-state index contributed by atoms with van der Waals surface area (Å²) < 4.78 is 10.8. The molecule has 2 N–H and O–H groups in total. The van der Waals surface area contributed by atoms with Crippen LogP contribution in [-0.2, 0) is 0 Å². The lowest BCUT2D eigenvalue weighted by molar-refractivity contribution is 0.347. The Labute approximate surface area is 111 Å². The van der Waals surface area contributed by atoms with Gasteiger partial charge in [-0.15, -0.1) is 0 Å². The highest BCUT2D eigenvalue weighted by Crippen LogP contribution is 2.40. The molecule has 0 saturated carbocycles. The van der Waals surface area contributed by atoms with Crippen molar-refractivity contribution in [2.45, 2.75) is 13.8 Å². The normalized spacial score (nSPS) is 10.3. The molecule has 0 aliphatic rings. The number of rotatable bonds is 3. The number of hydrogen-bond acceptors (Lipinski definition) is 4. The highest BCUT2D eigenvalue weighted by molar-refractivity contribution is 5.54. The topological polar surface area (TPSA) is 58.9 Å². The number of ether oxygens (including phenoxy) is 2. The van der Waals surface area contributed by atoms with Crippen LogP contribution >= 0.6 is 0 Å². The van der Waals surface area contributed by atoms with Gasteiger partial charge in [0.15, 0.2) is 11.5 Å². The average Bonchev–Trinajstić information content (AvgIpc) is 2.33. The Morgan fingerprint density at radius 3 is 2.32 bits per heavy atom. The smallest absolute Gasteiger partial charge is 0.203 e. The first-order valence-corrected chi connectivity index (χ1v) is 5.86. The summed E-state index contributed by atoms with van der Waals surface area (Å²) in [7, 11) is 1.46. The van der Waals surface area contributed by atoms with Crippen molar-refractivity contribution in [2.75, 3.05) is 7.11 Å². The van der Waals surface area contributed by atoms with Gasteiger partial charge in [0.25, 0.3) is 0 Å². The minimum Gasteiger partial charge on any atom is -0.508 e. The second-order valence-corrected chi connectivity index (χ2v) is 4.37. The van der Waals surface area contributed by atoms with Crippen LogP contribution in [0.5, 0.6) is 28.7 Å². The lowest BCUT2D eigenvalue weighted by Gasteiger charge is -2.13. The van der Waals surface area contributed by atoms with Gasteiger partial charge in [-0.2, -0.15) is 0 Å². The van der Waals surface area contributed by atoms with E-state index in [4.69, 9.17) is 9.47 Å². The number of benzene rings is 2. The minimum atomic E-state index is 0.0221. The molecule has 2 aromatic carbocycles. The summed E-state index contributed by atoms with van der Waals surface area (Å²) in [5.74, 6) is 1.34. The van der Waals surface area contributed by atoms with Crippen LogP contribution in [0.2, 0.25) is 0 Å². The second-order valence-electron chi connectivity index (χ2n) is 4.37. The van der Waals surface area contributed by atoms with Gasteiger partial charge in [-0.25, -0.2) is 0 Å². The Kier molecular flexibility index (Phi) is 3.51. The first-order chi connectivity index (χ1) is 9.01. The van der Waals surface area contributed by atoms with Crippen LogP contribution in [0.15, 0.2) is 30.3 Å². The highest BCUT2D eigenvalue weighted by Gasteiger charge is 2.12. The second kappa shape index (κ2) is 5.10. The van der Waals surface area contributed by atoms with Crippen molar-refractivity contribution >= 4 is 0 Å². The first-order valence-electron chi connectivity index (χ1n) is 5.86. The van der Waals surface area contributed by atoms with Gasteiger partial charge in [0.2, 0.25) is 5.75 Å². The summed E-state index contributed by atoms with van der Waals surface area (Å²) in [6.45, 7) is 3.65. The maximum absolute atomic E-state index is 9.79. The van der Waals surface area contributed by atoms with Crippen molar-refractivity contribution in [1.82, 2.24) is 0 Å². The van der Waals surface area contributed by atoms with Gasteiger partial charge in [0.05, 0.1) is 7.11 Å². The molecule has 2 aromatic rings. The van der Waals surface area contributed by atoms with Crippen LogP contribution in [0.1, 0.15) is 11.1 Å². The van der Waals surface area contributed by atoms with Gasteiger partial charge in [-0.3, -0.25) is 0 Å². The summed E-state index contributed by atoms with van der Waals surface area (Å²) in [5.41, 5.74) is 1.62. The number of phenolic OH excluding ortho intramolecular Hbond substituents is 2. The molecule has 0 saturated heterocycles. The molecule has 0 atom stereocenters. The molecule has 0 spiro atoms. The van der Waals surface area contributed by atoms with Crippen LogP contribution < -0.4 is 9.47 Å². The fraction of sp³-hybridized carbons (Fsp3) is 0.200. The third-order valence-electron chi connectivity index (χ3n) is 2.79. The largest absolute Gasteiger partial charge is 0.508 e. The third kappa shape index (κ3) is 2.73. The molecule has 0 radical (unpaired) electrons. The van der Waals surface area contributed by atoms with Crippen LogP contribution in [0.3, 0.4) is 0 Å². The Morgan fingerprint density at radius 1 is 0.947 bits per heavy atom. The van der Waals surface area contributed by atoms with Crippen molar-refractivity contribution in [3.8, 4) is 28.7 Å². The Bertz CT molecular complexity index is 605. The molecular weight excluding hydrogens is 244 g/mol. The van der Waals surface area contributed by atoms with Crippen molar-refractivity contribution in [3.63, 3.8) is 0 Å². The Hall–Kier alpha value is -2.36. The van der Waals surface area contributed by atoms with Gasteiger partial charge < -0.3 is 19.7 Å². The quantitative estimate of drug-likeness (QED) is 0.886. The fourth-order valence-corrected chi connectivity index (χ4v) is 1.78. The zero-order chi connectivity index (χ0) is 14.0. The van der Waals surface area contributed by atoms with E-state index in [1.165, 1.54) is 13.2 Å². The van der Waals surface area contributed by atoms with Crippen LogP contribution in [0.25, 0.3) is 0 Å². The molecule has 0 aliphatic heterocycles. The van der Waals surface area contributed by atoms with E-state index in [0.717, 1.165) is 11.1 Å². The standard InChI is InChI=1S/C15H16O4/c1-9-6-13(17)15(18-3)14(7-9)19-11-5-4-10(2)12(16)8-11/h4-8,16-17H,1-3H3. The first kappa shape index (κ1) is 13.1. The van der Waals surface area contributed by atoms with Gasteiger partial charge in [-0.1, -0.05) is 6.07 Å². The molecular formula is C15H16O4. The zero-order valence-electron chi connectivity index (χ0n) is 11.1. The lowest BCUT2D eigenvalue weighted by atomic mass is 10.2. The summed E-state index contributed by atoms with van der Waals surface area (Å²) in [4.78, 5) is 0. The van der Waals surface area contributed by atoms with Crippen LogP contribution in [-0.4, -0.2) is 17.3 Å². The van der Waals surface area contributed by atoms with Gasteiger partial charge in [0, 0.05) is 6.07 Å². The predicted molar refractivity (Wildman–Crippen MR) is 72.3 cm³/mol. The average molecular weight is 260 g/mol. The fourth-order valence-electron chi connectivity index (χ4n) is 1.78. The van der Waals surface area contributed by atoms with E-state index in [9.17, 15) is 10.2 Å². The van der Waals surface area contributed by atoms with Crippen molar-refractivity contribution in [1.29, 1.82) is 0 Å². The van der Waals surface area contributed by atoms with Crippen molar-refractivity contribution in [2.24, 2.45) is 0 Å². The Morgan fingerprint density at radius 2 is 1.68 bits per heavy atom. The number of methoxy groups -OCH3 is 1. The number of aryl methyl sites for hydroxylation is 2. The maximum atomic E-state index is 9.79. The van der Waals surface area contributed by atoms with E-state index >= 15 is 0 Å². The molecule has 4 heteroatoms. The van der Waals surface area contributed by atoms with E-state index in [1.54, 1.807) is 31.2 Å². The number of aromatic hydroxyl groups is 2. The van der Waals surface area contributed by atoms with Gasteiger partial charge in [-0.05, 0) is 43.2 Å². The summed E-state index contributed by atoms with van der Waals surface area (Å²) in [6.07, 6.45) is 0. The molecule has 0 heterocycles. The van der Waals surface area contributed by atoms with Crippen molar-refractivity contribution in [3.05, 3.63) is 41.5 Å². The van der Waals surface area contributed by atoms with Crippen LogP contribution in [0, 0.1) is 13.8 Å². The maximum Gasteiger partial charge on any atom is 0.203 e. The molecule has 0 fully saturated rings. The van der Waals surface area contributed by atoms with Gasteiger partial charge >= 0.3 is 0 Å². The van der Waals surface area contributed by atoms with Crippen LogP contribution in [0.4, 0.5) is 0 Å². The Balaban J connectivity index is 2.39. The molecule has 0 unspecified atom stereocenters. The van der Waals surface area contributed by atoms with E-state index in [1.807, 2.05) is 6.92 Å². The molecule has 0 aliphatic carbocycles. The summed E-state index contributed by atoms with van der Waals surface area (Å²) in [6, 6.07) is 8.38. The molecule has 0 amide bonds. The molecule has 0 aromatic heterocycles. The molecule has 2 rings (SSSR count). The van der Waals surface area contributed by atoms with E-state index < -0.39 is 0 Å². The summed E-state index contributed by atoms with van der Waals surface area (Å²) >= 11 is 0. The molecule has 0 bridgehead atoms. The lowest BCUT2D eigenvalue weighted by Crippen LogP contribution is -1.92.